The van der Waals surface area contributed by atoms with Crippen molar-refractivity contribution in [2.24, 2.45) is 0 Å². The lowest BCUT2D eigenvalue weighted by molar-refractivity contribution is -0.139. The van der Waals surface area contributed by atoms with Crippen molar-refractivity contribution in [2.45, 2.75) is 52.3 Å². The molecule has 9 nitrogen and oxygen atoms in total. The minimum Gasteiger partial charge on any atom is -0.508 e. The third-order valence-corrected chi connectivity index (χ3v) is 5.20. The van der Waals surface area contributed by atoms with Crippen LogP contribution >= 0.6 is 11.6 Å². The lowest BCUT2D eigenvalue weighted by Crippen LogP contribution is -2.51. The van der Waals surface area contributed by atoms with Gasteiger partial charge in [0, 0.05) is 5.56 Å². The van der Waals surface area contributed by atoms with Crippen LogP contribution in [-0.4, -0.2) is 46.1 Å². The van der Waals surface area contributed by atoms with E-state index in [4.69, 9.17) is 16.3 Å². The Labute approximate surface area is 209 Å². The second-order valence-corrected chi connectivity index (χ2v) is 9.28. The summed E-state index contributed by atoms with van der Waals surface area (Å²) >= 11 is 6.26. The minimum absolute atomic E-state index is 0.0998. The van der Waals surface area contributed by atoms with Crippen molar-refractivity contribution in [1.29, 1.82) is 5.26 Å². The molecule has 2 rings (SSSR count). The van der Waals surface area contributed by atoms with Crippen LogP contribution in [0.3, 0.4) is 0 Å². The van der Waals surface area contributed by atoms with Gasteiger partial charge in [0.2, 0.25) is 5.91 Å². The molecule has 0 spiro atoms. The second kappa shape index (κ2) is 11.6. The van der Waals surface area contributed by atoms with Gasteiger partial charge in [0.15, 0.2) is 0 Å². The molecule has 0 aliphatic rings. The molecular weight excluding hydrogens is 472 g/mol. The molecule has 186 valence electrons. The lowest BCUT2D eigenvalue weighted by atomic mass is 10.0. The molecule has 3 amide bonds. The van der Waals surface area contributed by atoms with Gasteiger partial charge in [-0.25, -0.2) is 4.79 Å². The highest BCUT2D eigenvalue weighted by atomic mass is 35.5. The molecule has 0 radical (unpaired) electrons. The average Bonchev–Trinajstić information content (AvgIpc) is 2.75. The smallest absolute Gasteiger partial charge is 0.408 e. The number of para-hydroxylation sites is 2. The summed E-state index contributed by atoms with van der Waals surface area (Å²) in [4.78, 5) is 40.1. The molecule has 2 aromatic carbocycles. The minimum atomic E-state index is -1.40. The number of benzene rings is 2. The number of aryl methyl sites for hydroxylation is 1. The first-order valence-electron chi connectivity index (χ1n) is 10.9. The molecule has 2 aromatic rings. The van der Waals surface area contributed by atoms with Crippen LogP contribution in [0.25, 0.3) is 0 Å². The van der Waals surface area contributed by atoms with Gasteiger partial charge >= 0.3 is 6.09 Å². The van der Waals surface area contributed by atoms with Crippen LogP contribution in [0.1, 0.15) is 44.9 Å². The van der Waals surface area contributed by atoms with Gasteiger partial charge in [-0.2, -0.15) is 5.26 Å². The topological polar surface area (TPSA) is 132 Å². The molecule has 0 aliphatic carbocycles. The van der Waals surface area contributed by atoms with E-state index in [0.717, 1.165) is 4.90 Å². The van der Waals surface area contributed by atoms with Gasteiger partial charge in [0.1, 0.15) is 30.0 Å². The Morgan fingerprint density at radius 1 is 1.17 bits per heavy atom. The highest BCUT2D eigenvalue weighted by Crippen LogP contribution is 2.32. The molecule has 0 saturated heterocycles. The molecule has 0 saturated carbocycles. The Hall–Kier alpha value is -3.77. The predicted molar refractivity (Wildman–Crippen MR) is 132 cm³/mol. The standard InChI is InChI=1S/C25H29ClN4O5/c1-15-9-8-11-18(26)20(15)29-22(32)21(17-10-6-7-12-19(17)31)30(14-13-27)23(33)16(2)28-24(34)35-25(3,4)5/h6-12,16,21,31H,14H2,1-5H3,(H,28,34)(H,29,32). The van der Waals surface area contributed by atoms with E-state index < -0.39 is 42.1 Å². The highest BCUT2D eigenvalue weighted by Gasteiger charge is 2.36. The van der Waals surface area contributed by atoms with Crippen LogP contribution in [0.2, 0.25) is 5.02 Å². The van der Waals surface area contributed by atoms with Crippen LogP contribution in [0.5, 0.6) is 5.75 Å². The maximum atomic E-state index is 13.5. The maximum Gasteiger partial charge on any atom is 0.408 e. The summed E-state index contributed by atoms with van der Waals surface area (Å²) in [6.07, 6.45) is -0.828. The number of hydrogen-bond donors (Lipinski definition) is 3. The van der Waals surface area contributed by atoms with Crippen LogP contribution in [0.15, 0.2) is 42.5 Å². The van der Waals surface area contributed by atoms with E-state index in [-0.39, 0.29) is 16.3 Å². The second-order valence-electron chi connectivity index (χ2n) is 8.87. The van der Waals surface area contributed by atoms with E-state index in [1.54, 1.807) is 58.0 Å². The number of hydrogen-bond acceptors (Lipinski definition) is 6. The van der Waals surface area contributed by atoms with Crippen LogP contribution in [0, 0.1) is 18.3 Å². The zero-order chi connectivity index (χ0) is 26.3. The fourth-order valence-corrected chi connectivity index (χ4v) is 3.59. The molecule has 0 fully saturated rings. The molecule has 10 heteroatoms. The molecule has 0 heterocycles. The number of anilines is 1. The van der Waals surface area contributed by atoms with E-state index in [9.17, 15) is 24.8 Å². The van der Waals surface area contributed by atoms with E-state index in [0.29, 0.717) is 11.3 Å². The zero-order valence-corrected chi connectivity index (χ0v) is 21.0. The number of nitrogens with zero attached hydrogens (tertiary/aromatic N) is 2. The summed E-state index contributed by atoms with van der Waals surface area (Å²) in [6, 6.07) is 10.4. The summed E-state index contributed by atoms with van der Waals surface area (Å²) in [7, 11) is 0. The number of carbonyl (C=O) groups is 3. The Morgan fingerprint density at radius 2 is 1.83 bits per heavy atom. The van der Waals surface area contributed by atoms with E-state index >= 15 is 0 Å². The Balaban J connectivity index is 2.46. The van der Waals surface area contributed by atoms with Crippen molar-refractivity contribution in [2.75, 3.05) is 11.9 Å². The Kier molecular flexibility index (Phi) is 9.09. The number of amides is 3. The normalized spacial score (nSPS) is 12.6. The number of alkyl carbamates (subject to hydrolysis) is 1. The third kappa shape index (κ3) is 7.36. The van der Waals surface area contributed by atoms with E-state index in [2.05, 4.69) is 10.6 Å². The van der Waals surface area contributed by atoms with Crippen LogP contribution < -0.4 is 10.6 Å². The fourth-order valence-electron chi connectivity index (χ4n) is 3.32. The van der Waals surface area contributed by atoms with Crippen molar-refractivity contribution in [3.05, 3.63) is 58.6 Å². The quantitative estimate of drug-likeness (QED) is 0.485. The van der Waals surface area contributed by atoms with Gasteiger partial charge < -0.3 is 25.4 Å². The molecule has 0 aliphatic heterocycles. The number of ether oxygens (including phenoxy) is 1. The van der Waals surface area contributed by atoms with Crippen LogP contribution in [0.4, 0.5) is 10.5 Å². The van der Waals surface area contributed by atoms with Gasteiger partial charge in [0.05, 0.1) is 16.8 Å². The molecule has 3 N–H and O–H groups in total. The predicted octanol–water partition coefficient (Wildman–Crippen LogP) is 4.30. The molecule has 2 unspecified atom stereocenters. The van der Waals surface area contributed by atoms with Crippen molar-refractivity contribution >= 4 is 35.2 Å². The summed E-state index contributed by atoms with van der Waals surface area (Å²) < 4.78 is 5.20. The SMILES string of the molecule is Cc1cccc(Cl)c1NC(=O)C(c1ccccc1O)N(CC#N)C(=O)C(C)NC(=O)OC(C)(C)C. The van der Waals surface area contributed by atoms with Crippen molar-refractivity contribution in [3.63, 3.8) is 0 Å². The summed E-state index contributed by atoms with van der Waals surface area (Å²) in [5, 5.41) is 25.4. The molecule has 35 heavy (non-hydrogen) atoms. The monoisotopic (exact) mass is 500 g/mol. The van der Waals surface area contributed by atoms with E-state index in [1.807, 2.05) is 6.07 Å². The lowest BCUT2D eigenvalue weighted by Gasteiger charge is -2.32. The Morgan fingerprint density at radius 3 is 2.40 bits per heavy atom. The summed E-state index contributed by atoms with van der Waals surface area (Å²) in [6.45, 7) is 7.70. The average molecular weight is 501 g/mol. The first kappa shape index (κ1) is 27.5. The third-order valence-electron chi connectivity index (χ3n) is 4.89. The molecular formula is C25H29ClN4O5. The van der Waals surface area contributed by atoms with Gasteiger partial charge in [-0.1, -0.05) is 41.9 Å². The molecule has 2 atom stereocenters. The highest BCUT2D eigenvalue weighted by molar-refractivity contribution is 6.34. The van der Waals surface area contributed by atoms with Crippen molar-refractivity contribution < 1.29 is 24.2 Å². The number of carbonyl (C=O) groups excluding carboxylic acids is 3. The van der Waals surface area contributed by atoms with E-state index in [1.165, 1.54) is 19.1 Å². The van der Waals surface area contributed by atoms with Gasteiger partial charge in [0.25, 0.3) is 5.91 Å². The summed E-state index contributed by atoms with van der Waals surface area (Å²) in [5.41, 5.74) is 0.330. The Bertz CT molecular complexity index is 1120. The number of phenols is 1. The number of aromatic hydroxyl groups is 1. The van der Waals surface area contributed by atoms with Crippen molar-refractivity contribution in [1.82, 2.24) is 10.2 Å². The number of phenolic OH excluding ortho intramolecular Hbond substituents is 1. The first-order chi connectivity index (χ1) is 16.4. The summed E-state index contributed by atoms with van der Waals surface area (Å²) in [5.74, 6) is -1.67. The van der Waals surface area contributed by atoms with Crippen LogP contribution in [-0.2, 0) is 14.3 Å². The maximum absolute atomic E-state index is 13.5. The largest absolute Gasteiger partial charge is 0.508 e. The fraction of sp³-hybridized carbons (Fsp3) is 0.360. The zero-order valence-electron chi connectivity index (χ0n) is 20.3. The van der Waals surface area contributed by atoms with Gasteiger partial charge in [-0.3, -0.25) is 9.59 Å². The first-order valence-corrected chi connectivity index (χ1v) is 11.2. The number of halogens is 1. The molecule has 0 bridgehead atoms. The molecule has 0 aromatic heterocycles. The number of nitriles is 1. The van der Waals surface area contributed by atoms with Crippen molar-refractivity contribution in [3.8, 4) is 11.8 Å². The number of rotatable bonds is 7. The number of nitrogens with one attached hydrogen (secondary N) is 2. The van der Waals surface area contributed by atoms with Gasteiger partial charge in [-0.15, -0.1) is 0 Å². The van der Waals surface area contributed by atoms with Gasteiger partial charge in [-0.05, 0) is 52.3 Å².